The predicted molar refractivity (Wildman–Crippen MR) is 58.0 cm³/mol. The number of hydrogen-bond donors (Lipinski definition) is 2. The molecule has 0 amide bonds. The number of carbonyl (C=O) groups is 1. The molecule has 82 valence electrons. The zero-order valence-corrected chi connectivity index (χ0v) is 9.24. The lowest BCUT2D eigenvalue weighted by Crippen LogP contribution is -2.36. The SMILES string of the molecule is Cc1ccc(C(C)(CO)C(=O)O)c(C)c1. The van der Waals surface area contributed by atoms with Crippen LogP contribution in [-0.4, -0.2) is 22.8 Å². The van der Waals surface area contributed by atoms with Gasteiger partial charge in [0.15, 0.2) is 0 Å². The maximum atomic E-state index is 11.1. The fourth-order valence-electron chi connectivity index (χ4n) is 1.70. The Balaban J connectivity index is 3.30. The molecule has 0 saturated heterocycles. The number of aliphatic hydroxyl groups is 1. The molecule has 1 aromatic rings. The van der Waals surface area contributed by atoms with Gasteiger partial charge in [0.2, 0.25) is 0 Å². The van der Waals surface area contributed by atoms with Crippen molar-refractivity contribution in [3.8, 4) is 0 Å². The van der Waals surface area contributed by atoms with Crippen molar-refractivity contribution in [3.63, 3.8) is 0 Å². The highest BCUT2D eigenvalue weighted by atomic mass is 16.4. The molecule has 3 nitrogen and oxygen atoms in total. The molecule has 0 spiro atoms. The molecular formula is C12H16O3. The molecule has 0 aromatic heterocycles. The van der Waals surface area contributed by atoms with E-state index in [9.17, 15) is 9.90 Å². The third-order valence-corrected chi connectivity index (χ3v) is 2.76. The van der Waals surface area contributed by atoms with Gasteiger partial charge in [-0.05, 0) is 31.9 Å². The third-order valence-electron chi connectivity index (χ3n) is 2.76. The molecule has 1 aromatic carbocycles. The Hall–Kier alpha value is -1.35. The molecule has 0 radical (unpaired) electrons. The maximum Gasteiger partial charge on any atom is 0.316 e. The van der Waals surface area contributed by atoms with E-state index in [4.69, 9.17) is 5.11 Å². The van der Waals surface area contributed by atoms with Gasteiger partial charge in [-0.2, -0.15) is 0 Å². The molecule has 0 bridgehead atoms. The van der Waals surface area contributed by atoms with E-state index in [1.165, 1.54) is 6.92 Å². The highest BCUT2D eigenvalue weighted by Gasteiger charge is 2.35. The normalized spacial score (nSPS) is 14.7. The molecule has 1 atom stereocenters. The van der Waals surface area contributed by atoms with Crippen molar-refractivity contribution < 1.29 is 15.0 Å². The molecule has 0 aliphatic heterocycles. The second-order valence-corrected chi connectivity index (χ2v) is 4.11. The number of aliphatic carboxylic acids is 1. The lowest BCUT2D eigenvalue weighted by atomic mass is 9.80. The van der Waals surface area contributed by atoms with Crippen LogP contribution in [0, 0.1) is 13.8 Å². The quantitative estimate of drug-likeness (QED) is 0.793. The molecular weight excluding hydrogens is 192 g/mol. The molecule has 2 N–H and O–H groups in total. The highest BCUT2D eigenvalue weighted by Crippen LogP contribution is 2.27. The van der Waals surface area contributed by atoms with E-state index >= 15 is 0 Å². The largest absolute Gasteiger partial charge is 0.481 e. The third kappa shape index (κ3) is 2.02. The lowest BCUT2D eigenvalue weighted by Gasteiger charge is -2.24. The second kappa shape index (κ2) is 4.03. The summed E-state index contributed by atoms with van der Waals surface area (Å²) in [7, 11) is 0. The zero-order valence-electron chi connectivity index (χ0n) is 9.24. The minimum atomic E-state index is -1.21. The van der Waals surface area contributed by atoms with Crippen LogP contribution in [0.5, 0.6) is 0 Å². The van der Waals surface area contributed by atoms with E-state index in [-0.39, 0.29) is 0 Å². The minimum absolute atomic E-state index is 0.397. The smallest absolute Gasteiger partial charge is 0.316 e. The van der Waals surface area contributed by atoms with Gasteiger partial charge in [0, 0.05) is 0 Å². The number of aryl methyl sites for hydroxylation is 2. The summed E-state index contributed by atoms with van der Waals surface area (Å²) < 4.78 is 0. The van der Waals surface area contributed by atoms with Crippen LogP contribution in [0.2, 0.25) is 0 Å². The Morgan fingerprint density at radius 2 is 2.00 bits per heavy atom. The van der Waals surface area contributed by atoms with Crippen molar-refractivity contribution in [2.45, 2.75) is 26.2 Å². The Labute approximate surface area is 89.4 Å². The first kappa shape index (κ1) is 11.7. The molecule has 0 heterocycles. The summed E-state index contributed by atoms with van der Waals surface area (Å²) in [5.74, 6) is -1.00. The predicted octanol–water partition coefficient (Wildman–Crippen LogP) is 1.64. The van der Waals surface area contributed by atoms with Crippen LogP contribution in [0.15, 0.2) is 18.2 Å². The number of benzene rings is 1. The Morgan fingerprint density at radius 1 is 1.40 bits per heavy atom. The van der Waals surface area contributed by atoms with Crippen molar-refractivity contribution >= 4 is 5.97 Å². The van der Waals surface area contributed by atoms with Crippen molar-refractivity contribution in [3.05, 3.63) is 34.9 Å². The van der Waals surface area contributed by atoms with Gasteiger partial charge in [-0.3, -0.25) is 4.79 Å². The fraction of sp³-hybridized carbons (Fsp3) is 0.417. The van der Waals surface area contributed by atoms with Gasteiger partial charge in [-0.15, -0.1) is 0 Å². The summed E-state index contributed by atoms with van der Waals surface area (Å²) in [6.07, 6.45) is 0. The summed E-state index contributed by atoms with van der Waals surface area (Å²) in [4.78, 5) is 11.1. The molecule has 0 aliphatic carbocycles. The Kier molecular flexibility index (Phi) is 3.15. The molecule has 0 aliphatic rings. The van der Waals surface area contributed by atoms with Crippen LogP contribution in [-0.2, 0) is 10.2 Å². The van der Waals surface area contributed by atoms with E-state index < -0.39 is 18.0 Å². The van der Waals surface area contributed by atoms with Crippen molar-refractivity contribution in [2.24, 2.45) is 0 Å². The van der Waals surface area contributed by atoms with Gasteiger partial charge in [-0.1, -0.05) is 23.8 Å². The fourth-order valence-corrected chi connectivity index (χ4v) is 1.70. The monoisotopic (exact) mass is 208 g/mol. The van der Waals surface area contributed by atoms with E-state index in [1.807, 2.05) is 26.0 Å². The Bertz CT molecular complexity index is 384. The van der Waals surface area contributed by atoms with Crippen LogP contribution in [0.1, 0.15) is 23.6 Å². The van der Waals surface area contributed by atoms with Crippen LogP contribution in [0.4, 0.5) is 0 Å². The first-order valence-electron chi connectivity index (χ1n) is 4.84. The van der Waals surface area contributed by atoms with Crippen molar-refractivity contribution in [1.29, 1.82) is 0 Å². The van der Waals surface area contributed by atoms with Gasteiger partial charge in [0.1, 0.15) is 5.41 Å². The average molecular weight is 208 g/mol. The number of carboxylic acid groups (broad SMARTS) is 1. The van der Waals surface area contributed by atoms with Gasteiger partial charge < -0.3 is 10.2 Å². The highest BCUT2D eigenvalue weighted by molar-refractivity contribution is 5.81. The summed E-state index contributed by atoms with van der Waals surface area (Å²) >= 11 is 0. The van der Waals surface area contributed by atoms with Gasteiger partial charge in [0.05, 0.1) is 6.61 Å². The van der Waals surface area contributed by atoms with Gasteiger partial charge >= 0.3 is 5.97 Å². The van der Waals surface area contributed by atoms with Crippen LogP contribution in [0.3, 0.4) is 0 Å². The number of hydrogen-bond acceptors (Lipinski definition) is 2. The first-order valence-corrected chi connectivity index (χ1v) is 4.84. The second-order valence-electron chi connectivity index (χ2n) is 4.11. The van der Waals surface area contributed by atoms with Crippen LogP contribution >= 0.6 is 0 Å². The van der Waals surface area contributed by atoms with Crippen LogP contribution < -0.4 is 0 Å². The zero-order chi connectivity index (χ0) is 11.6. The molecule has 0 fully saturated rings. The minimum Gasteiger partial charge on any atom is -0.481 e. The maximum absolute atomic E-state index is 11.1. The topological polar surface area (TPSA) is 57.5 Å². The summed E-state index contributed by atoms with van der Waals surface area (Å²) in [5, 5.41) is 18.3. The number of rotatable bonds is 3. The summed E-state index contributed by atoms with van der Waals surface area (Å²) in [6.45, 7) is 4.95. The lowest BCUT2D eigenvalue weighted by molar-refractivity contribution is -0.144. The first-order chi connectivity index (χ1) is 6.91. The van der Waals surface area contributed by atoms with Crippen LogP contribution in [0.25, 0.3) is 0 Å². The molecule has 1 rings (SSSR count). The molecule has 15 heavy (non-hydrogen) atoms. The average Bonchev–Trinajstić information content (AvgIpc) is 2.16. The van der Waals surface area contributed by atoms with E-state index in [0.29, 0.717) is 5.56 Å². The van der Waals surface area contributed by atoms with E-state index in [1.54, 1.807) is 6.07 Å². The summed E-state index contributed by atoms with van der Waals surface area (Å²) in [6, 6.07) is 5.56. The van der Waals surface area contributed by atoms with Gasteiger partial charge in [0.25, 0.3) is 0 Å². The van der Waals surface area contributed by atoms with Gasteiger partial charge in [-0.25, -0.2) is 0 Å². The standard InChI is InChI=1S/C12H16O3/c1-8-4-5-10(9(2)6-8)12(3,7-13)11(14)15/h4-6,13H,7H2,1-3H3,(H,14,15). The summed E-state index contributed by atoms with van der Waals surface area (Å²) in [5.41, 5.74) is 1.44. The Morgan fingerprint density at radius 3 is 2.40 bits per heavy atom. The van der Waals surface area contributed by atoms with Crippen molar-refractivity contribution in [2.75, 3.05) is 6.61 Å². The molecule has 3 heteroatoms. The van der Waals surface area contributed by atoms with Crippen molar-refractivity contribution in [1.82, 2.24) is 0 Å². The van der Waals surface area contributed by atoms with E-state index in [2.05, 4.69) is 0 Å². The number of carboxylic acids is 1. The van der Waals surface area contributed by atoms with E-state index in [0.717, 1.165) is 11.1 Å². The number of aliphatic hydroxyl groups excluding tert-OH is 1. The molecule has 0 saturated carbocycles. The molecule has 1 unspecified atom stereocenters.